The number of hydrogen-bond donors (Lipinski definition) is 1. The first-order chi connectivity index (χ1) is 14.3. The molecule has 1 amide bonds. The van der Waals surface area contributed by atoms with Crippen molar-refractivity contribution in [3.05, 3.63) is 101 Å². The SMILES string of the molecule is Cc1ccc(S(=O)(=O)NCc2ccccc2)cc1C(=O)N(C)C(C)c1ccccc1. The Morgan fingerprint density at radius 1 is 0.967 bits per heavy atom. The molecule has 0 heterocycles. The zero-order valence-electron chi connectivity index (χ0n) is 17.4. The zero-order valence-corrected chi connectivity index (χ0v) is 18.2. The summed E-state index contributed by atoms with van der Waals surface area (Å²) in [6, 6.07) is 23.5. The number of benzene rings is 3. The summed E-state index contributed by atoms with van der Waals surface area (Å²) in [6.07, 6.45) is 0. The topological polar surface area (TPSA) is 66.5 Å². The maximum atomic E-state index is 13.1. The van der Waals surface area contributed by atoms with Crippen LogP contribution in [-0.4, -0.2) is 26.3 Å². The number of nitrogens with one attached hydrogen (secondary N) is 1. The van der Waals surface area contributed by atoms with Crippen LogP contribution in [0.2, 0.25) is 0 Å². The smallest absolute Gasteiger partial charge is 0.254 e. The first-order valence-electron chi connectivity index (χ1n) is 9.76. The van der Waals surface area contributed by atoms with Gasteiger partial charge in [0.1, 0.15) is 0 Å². The van der Waals surface area contributed by atoms with Crippen molar-refractivity contribution >= 4 is 15.9 Å². The molecule has 0 spiro atoms. The molecular weight excluding hydrogens is 396 g/mol. The highest BCUT2D eigenvalue weighted by atomic mass is 32.2. The van der Waals surface area contributed by atoms with Crippen molar-refractivity contribution in [2.45, 2.75) is 31.3 Å². The van der Waals surface area contributed by atoms with Crippen molar-refractivity contribution < 1.29 is 13.2 Å². The Kier molecular flexibility index (Phi) is 6.70. The van der Waals surface area contributed by atoms with Gasteiger partial charge in [-0.2, -0.15) is 0 Å². The first-order valence-corrected chi connectivity index (χ1v) is 11.2. The lowest BCUT2D eigenvalue weighted by molar-refractivity contribution is 0.0741. The fraction of sp³-hybridized carbons (Fsp3) is 0.208. The van der Waals surface area contributed by atoms with Crippen LogP contribution in [0.15, 0.2) is 83.8 Å². The molecule has 1 N–H and O–H groups in total. The van der Waals surface area contributed by atoms with Gasteiger partial charge < -0.3 is 4.90 Å². The molecule has 0 radical (unpaired) electrons. The van der Waals surface area contributed by atoms with E-state index >= 15 is 0 Å². The maximum Gasteiger partial charge on any atom is 0.254 e. The van der Waals surface area contributed by atoms with E-state index in [1.807, 2.05) is 74.5 Å². The largest absolute Gasteiger partial charge is 0.335 e. The number of aryl methyl sites for hydroxylation is 1. The van der Waals surface area contributed by atoms with E-state index in [-0.39, 0.29) is 23.4 Å². The fourth-order valence-corrected chi connectivity index (χ4v) is 4.22. The Morgan fingerprint density at radius 3 is 2.20 bits per heavy atom. The molecule has 3 aromatic rings. The Hall–Kier alpha value is -2.96. The number of rotatable bonds is 7. The molecule has 0 aromatic heterocycles. The van der Waals surface area contributed by atoms with E-state index in [0.717, 1.165) is 16.7 Å². The molecule has 1 atom stereocenters. The van der Waals surface area contributed by atoms with E-state index in [4.69, 9.17) is 0 Å². The minimum absolute atomic E-state index is 0.0770. The molecular formula is C24H26N2O3S. The van der Waals surface area contributed by atoms with Crippen LogP contribution in [-0.2, 0) is 16.6 Å². The molecule has 0 aliphatic heterocycles. The Morgan fingerprint density at radius 2 is 1.57 bits per heavy atom. The highest BCUT2D eigenvalue weighted by Gasteiger charge is 2.23. The predicted octanol–water partition coefficient (Wildman–Crippen LogP) is 4.31. The van der Waals surface area contributed by atoms with Gasteiger partial charge in [-0.3, -0.25) is 4.79 Å². The standard InChI is InChI=1S/C24H26N2O3S/c1-18-14-15-22(30(28,29)25-17-20-10-6-4-7-11-20)16-23(18)24(27)26(3)19(2)21-12-8-5-9-13-21/h4-16,19,25H,17H2,1-3H3. The highest BCUT2D eigenvalue weighted by Crippen LogP contribution is 2.23. The molecule has 6 heteroatoms. The second kappa shape index (κ2) is 9.24. The normalized spacial score (nSPS) is 12.4. The lowest BCUT2D eigenvalue weighted by atomic mass is 10.0. The maximum absolute atomic E-state index is 13.1. The van der Waals surface area contributed by atoms with Gasteiger partial charge in [0, 0.05) is 19.2 Å². The van der Waals surface area contributed by atoms with Crippen molar-refractivity contribution in [1.82, 2.24) is 9.62 Å². The van der Waals surface area contributed by atoms with Crippen LogP contribution in [0.4, 0.5) is 0 Å². The quantitative estimate of drug-likeness (QED) is 0.617. The van der Waals surface area contributed by atoms with Crippen LogP contribution in [0.3, 0.4) is 0 Å². The first kappa shape index (κ1) is 21.7. The highest BCUT2D eigenvalue weighted by molar-refractivity contribution is 7.89. The van der Waals surface area contributed by atoms with Crippen LogP contribution >= 0.6 is 0 Å². The van der Waals surface area contributed by atoms with Crippen molar-refractivity contribution in [2.24, 2.45) is 0 Å². The molecule has 0 aliphatic rings. The molecule has 156 valence electrons. The third-order valence-corrected chi connectivity index (χ3v) is 6.64. The van der Waals surface area contributed by atoms with Gasteiger partial charge in [0.05, 0.1) is 10.9 Å². The van der Waals surface area contributed by atoms with Gasteiger partial charge >= 0.3 is 0 Å². The van der Waals surface area contributed by atoms with E-state index in [2.05, 4.69) is 4.72 Å². The van der Waals surface area contributed by atoms with Gasteiger partial charge in [-0.25, -0.2) is 13.1 Å². The van der Waals surface area contributed by atoms with Gasteiger partial charge in [0.2, 0.25) is 10.0 Å². The summed E-state index contributed by atoms with van der Waals surface area (Å²) in [4.78, 5) is 14.9. The third kappa shape index (κ3) is 4.96. The lowest BCUT2D eigenvalue weighted by Gasteiger charge is -2.26. The van der Waals surface area contributed by atoms with Crippen LogP contribution in [0.1, 0.15) is 40.0 Å². The van der Waals surface area contributed by atoms with Crippen molar-refractivity contribution in [2.75, 3.05) is 7.05 Å². The van der Waals surface area contributed by atoms with E-state index in [9.17, 15) is 13.2 Å². The number of hydrogen-bond acceptors (Lipinski definition) is 3. The minimum atomic E-state index is -3.75. The van der Waals surface area contributed by atoms with Gasteiger partial charge in [-0.05, 0) is 42.7 Å². The van der Waals surface area contributed by atoms with Gasteiger partial charge in [0.25, 0.3) is 5.91 Å². The average Bonchev–Trinajstić information content (AvgIpc) is 2.77. The second-order valence-electron chi connectivity index (χ2n) is 7.29. The Bertz CT molecular complexity index is 1110. The average molecular weight is 423 g/mol. The number of sulfonamides is 1. The minimum Gasteiger partial charge on any atom is -0.335 e. The molecule has 0 saturated heterocycles. The predicted molar refractivity (Wildman–Crippen MR) is 119 cm³/mol. The van der Waals surface area contributed by atoms with E-state index in [0.29, 0.717) is 5.56 Å². The molecule has 3 rings (SSSR count). The second-order valence-corrected chi connectivity index (χ2v) is 9.06. The summed E-state index contributed by atoms with van der Waals surface area (Å²) in [7, 11) is -2.02. The molecule has 5 nitrogen and oxygen atoms in total. The molecule has 30 heavy (non-hydrogen) atoms. The zero-order chi connectivity index (χ0) is 21.7. The number of carbonyl (C=O) groups is 1. The van der Waals surface area contributed by atoms with Gasteiger partial charge in [0.15, 0.2) is 0 Å². The summed E-state index contributed by atoms with van der Waals surface area (Å²) in [5.74, 6) is -0.219. The molecule has 0 aliphatic carbocycles. The van der Waals surface area contributed by atoms with Crippen LogP contribution < -0.4 is 4.72 Å². The summed E-state index contributed by atoms with van der Waals surface area (Å²) in [5.41, 5.74) is 2.98. The Balaban J connectivity index is 1.82. The summed E-state index contributed by atoms with van der Waals surface area (Å²) in [5, 5.41) is 0. The number of nitrogens with zero attached hydrogens (tertiary/aromatic N) is 1. The third-order valence-electron chi connectivity index (χ3n) is 5.24. The van der Waals surface area contributed by atoms with E-state index in [1.165, 1.54) is 12.1 Å². The molecule has 0 saturated carbocycles. The van der Waals surface area contributed by atoms with Crippen molar-refractivity contribution in [3.8, 4) is 0 Å². The van der Waals surface area contributed by atoms with E-state index < -0.39 is 10.0 Å². The summed E-state index contributed by atoms with van der Waals surface area (Å²) >= 11 is 0. The number of amides is 1. The van der Waals surface area contributed by atoms with Crippen molar-refractivity contribution in [1.29, 1.82) is 0 Å². The van der Waals surface area contributed by atoms with E-state index in [1.54, 1.807) is 18.0 Å². The van der Waals surface area contributed by atoms with Crippen LogP contribution in [0, 0.1) is 6.92 Å². The molecule has 0 fully saturated rings. The van der Waals surface area contributed by atoms with Gasteiger partial charge in [-0.15, -0.1) is 0 Å². The van der Waals surface area contributed by atoms with Crippen molar-refractivity contribution in [3.63, 3.8) is 0 Å². The Labute approximate surface area is 178 Å². The summed E-state index contributed by atoms with van der Waals surface area (Å²) < 4.78 is 28.2. The monoisotopic (exact) mass is 422 g/mol. The van der Waals surface area contributed by atoms with Crippen LogP contribution in [0.5, 0.6) is 0 Å². The fourth-order valence-electron chi connectivity index (χ4n) is 3.18. The van der Waals surface area contributed by atoms with Crippen LogP contribution in [0.25, 0.3) is 0 Å². The number of carbonyl (C=O) groups excluding carboxylic acids is 1. The van der Waals surface area contributed by atoms with Gasteiger partial charge in [-0.1, -0.05) is 66.7 Å². The molecule has 1 unspecified atom stereocenters. The lowest BCUT2D eigenvalue weighted by Crippen LogP contribution is -2.30. The summed E-state index contributed by atoms with van der Waals surface area (Å²) in [6.45, 7) is 3.94. The molecule has 3 aromatic carbocycles. The molecule has 0 bridgehead atoms.